The van der Waals surface area contributed by atoms with Crippen molar-refractivity contribution >= 4 is 41.3 Å². The summed E-state index contributed by atoms with van der Waals surface area (Å²) in [6.07, 6.45) is 3.62. The van der Waals surface area contributed by atoms with E-state index in [1.54, 1.807) is 37.0 Å². The van der Waals surface area contributed by atoms with Crippen LogP contribution in [0.25, 0.3) is 17.8 Å². The number of benzene rings is 3. The molecule has 0 radical (unpaired) electrons. The number of methoxy groups -OCH3 is 2. The van der Waals surface area contributed by atoms with Gasteiger partial charge in [-0.1, -0.05) is 23.4 Å². The molecule has 184 valence electrons. The number of thioether (sulfide) groups is 1. The van der Waals surface area contributed by atoms with Crippen molar-refractivity contribution in [1.82, 2.24) is 14.8 Å². The number of aromatic hydroxyl groups is 2. The average molecular weight is 524 g/mol. The Bertz CT molecular complexity index is 1420. The third kappa shape index (κ3) is 5.64. The third-order valence-corrected chi connectivity index (χ3v) is 6.39. The van der Waals surface area contributed by atoms with E-state index in [4.69, 9.17) is 21.1 Å². The van der Waals surface area contributed by atoms with Crippen LogP contribution in [0.2, 0.25) is 5.02 Å². The van der Waals surface area contributed by atoms with Gasteiger partial charge in [0, 0.05) is 16.3 Å². The van der Waals surface area contributed by atoms with Crippen LogP contribution >= 0.6 is 23.4 Å². The Hall–Kier alpha value is -3.95. The molecule has 8 nitrogen and oxygen atoms in total. The monoisotopic (exact) mass is 523 g/mol. The highest BCUT2D eigenvalue weighted by Crippen LogP contribution is 2.29. The lowest BCUT2D eigenvalue weighted by Crippen LogP contribution is -2.05. The molecule has 0 aliphatic rings. The molecular formula is C26H22ClN3O5S. The normalized spacial score (nSPS) is 11.1. The molecule has 0 saturated carbocycles. The van der Waals surface area contributed by atoms with Crippen molar-refractivity contribution in [2.24, 2.45) is 0 Å². The zero-order chi connectivity index (χ0) is 25.7. The second kappa shape index (κ2) is 11.2. The molecule has 0 fully saturated rings. The van der Waals surface area contributed by atoms with E-state index in [0.29, 0.717) is 27.5 Å². The molecule has 0 bridgehead atoms. The molecule has 36 heavy (non-hydrogen) atoms. The number of halogens is 1. The van der Waals surface area contributed by atoms with Gasteiger partial charge in [-0.3, -0.25) is 9.36 Å². The summed E-state index contributed by atoms with van der Waals surface area (Å²) in [6, 6.07) is 16.4. The van der Waals surface area contributed by atoms with E-state index >= 15 is 0 Å². The second-order valence-electron chi connectivity index (χ2n) is 7.51. The van der Waals surface area contributed by atoms with Crippen LogP contribution in [0.1, 0.15) is 21.7 Å². The van der Waals surface area contributed by atoms with Crippen LogP contribution in [0.5, 0.6) is 23.0 Å². The van der Waals surface area contributed by atoms with Crippen molar-refractivity contribution < 1.29 is 24.5 Å². The summed E-state index contributed by atoms with van der Waals surface area (Å²) < 4.78 is 12.6. The van der Waals surface area contributed by atoms with Gasteiger partial charge in [0.25, 0.3) is 0 Å². The molecule has 0 atom stereocenters. The summed E-state index contributed by atoms with van der Waals surface area (Å²) in [5.74, 6) is 1.15. The van der Waals surface area contributed by atoms with Crippen molar-refractivity contribution in [3.8, 4) is 28.7 Å². The summed E-state index contributed by atoms with van der Waals surface area (Å²) in [5, 5.41) is 29.3. The van der Waals surface area contributed by atoms with E-state index in [0.717, 1.165) is 23.0 Å². The molecule has 0 saturated heterocycles. The van der Waals surface area contributed by atoms with Gasteiger partial charge in [-0.15, -0.1) is 10.2 Å². The van der Waals surface area contributed by atoms with Gasteiger partial charge in [-0.25, -0.2) is 0 Å². The van der Waals surface area contributed by atoms with Crippen LogP contribution in [-0.4, -0.2) is 50.7 Å². The molecule has 0 unspecified atom stereocenters. The zero-order valence-corrected chi connectivity index (χ0v) is 21.0. The van der Waals surface area contributed by atoms with E-state index in [1.165, 1.54) is 18.2 Å². The molecule has 4 aromatic rings. The Balaban J connectivity index is 1.67. The number of ketones is 1. The number of rotatable bonds is 9. The van der Waals surface area contributed by atoms with Gasteiger partial charge in [0.1, 0.15) is 23.0 Å². The van der Waals surface area contributed by atoms with E-state index in [-0.39, 0.29) is 28.6 Å². The average Bonchev–Trinajstić information content (AvgIpc) is 3.30. The Labute approximate surface area is 216 Å². The lowest BCUT2D eigenvalue weighted by atomic mass is 10.1. The second-order valence-corrected chi connectivity index (χ2v) is 8.89. The van der Waals surface area contributed by atoms with Crippen molar-refractivity contribution in [1.29, 1.82) is 0 Å². The maximum Gasteiger partial charge on any atom is 0.196 e. The van der Waals surface area contributed by atoms with Crippen molar-refractivity contribution in [2.45, 2.75) is 5.16 Å². The maximum absolute atomic E-state index is 12.7. The minimum atomic E-state index is -0.364. The number of phenolic OH excluding ortho intramolecular Hbond substituents is 2. The van der Waals surface area contributed by atoms with E-state index < -0.39 is 0 Å². The topological polar surface area (TPSA) is 107 Å². The Kier molecular flexibility index (Phi) is 7.82. The number of hydrogen-bond donors (Lipinski definition) is 2. The number of carbonyl (C=O) groups excluding carboxylic acids is 1. The van der Waals surface area contributed by atoms with Gasteiger partial charge in [0.2, 0.25) is 0 Å². The van der Waals surface area contributed by atoms with Crippen molar-refractivity contribution in [2.75, 3.05) is 20.0 Å². The van der Waals surface area contributed by atoms with Gasteiger partial charge >= 0.3 is 0 Å². The lowest BCUT2D eigenvalue weighted by Gasteiger charge is -2.10. The molecule has 1 heterocycles. The fourth-order valence-electron chi connectivity index (χ4n) is 3.40. The smallest absolute Gasteiger partial charge is 0.196 e. The van der Waals surface area contributed by atoms with Crippen LogP contribution in [0, 0.1) is 0 Å². The highest BCUT2D eigenvalue weighted by atomic mass is 35.5. The number of hydrogen-bond acceptors (Lipinski definition) is 8. The molecular weight excluding hydrogens is 502 g/mol. The number of aromatic nitrogens is 3. The molecule has 10 heteroatoms. The predicted molar refractivity (Wildman–Crippen MR) is 140 cm³/mol. The molecule has 0 aliphatic carbocycles. The predicted octanol–water partition coefficient (Wildman–Crippen LogP) is 5.49. The standard InChI is InChI=1S/C26H22ClN3O5S/c1-34-20-9-11-24(35-2)16(13-20)3-12-25-28-29-26(30(25)18-6-4-17(27)5-7-18)36-15-23(33)21-14-19(31)8-10-22(21)32/h3-14,31-32H,15H2,1-2H3/b12-3+. The first kappa shape index (κ1) is 25.2. The Morgan fingerprint density at radius 2 is 1.78 bits per heavy atom. The first-order chi connectivity index (χ1) is 17.4. The number of carbonyl (C=O) groups is 1. The van der Waals surface area contributed by atoms with E-state index in [9.17, 15) is 15.0 Å². The summed E-state index contributed by atoms with van der Waals surface area (Å²) in [7, 11) is 3.18. The number of Topliss-reactive ketones (excluding diaryl/α,β-unsaturated/α-hetero) is 1. The van der Waals surface area contributed by atoms with Gasteiger partial charge in [-0.05, 0) is 72.8 Å². The summed E-state index contributed by atoms with van der Waals surface area (Å²) in [5.41, 5.74) is 1.56. The number of nitrogens with zero attached hydrogens (tertiary/aromatic N) is 3. The fourth-order valence-corrected chi connectivity index (χ4v) is 4.37. The van der Waals surface area contributed by atoms with Crippen LogP contribution in [-0.2, 0) is 0 Å². The first-order valence-corrected chi connectivity index (χ1v) is 12.1. The lowest BCUT2D eigenvalue weighted by molar-refractivity contribution is 0.101. The highest BCUT2D eigenvalue weighted by Gasteiger charge is 2.18. The van der Waals surface area contributed by atoms with E-state index in [2.05, 4.69) is 10.2 Å². The van der Waals surface area contributed by atoms with Gasteiger partial charge in [0.05, 0.1) is 25.5 Å². The zero-order valence-electron chi connectivity index (χ0n) is 19.4. The molecule has 1 aromatic heterocycles. The van der Waals surface area contributed by atoms with Crippen LogP contribution in [0.3, 0.4) is 0 Å². The quantitative estimate of drug-likeness (QED) is 0.168. The minimum absolute atomic E-state index is 0.0316. The SMILES string of the molecule is COc1ccc(OC)c(/C=C/c2nnc(SCC(=O)c3cc(O)ccc3O)n2-c2ccc(Cl)cc2)c1. The summed E-state index contributed by atoms with van der Waals surface area (Å²) >= 11 is 7.24. The maximum atomic E-state index is 12.7. The van der Waals surface area contributed by atoms with E-state index in [1.807, 2.05) is 36.4 Å². The Morgan fingerprint density at radius 3 is 2.50 bits per heavy atom. The highest BCUT2D eigenvalue weighted by molar-refractivity contribution is 7.99. The van der Waals surface area contributed by atoms with Crippen LogP contribution < -0.4 is 9.47 Å². The molecule has 0 amide bonds. The van der Waals surface area contributed by atoms with Crippen molar-refractivity contribution in [3.05, 3.63) is 82.6 Å². The minimum Gasteiger partial charge on any atom is -0.508 e. The Morgan fingerprint density at radius 1 is 1.00 bits per heavy atom. The molecule has 0 spiro atoms. The first-order valence-electron chi connectivity index (χ1n) is 10.7. The van der Waals surface area contributed by atoms with Crippen LogP contribution in [0.4, 0.5) is 0 Å². The summed E-state index contributed by atoms with van der Waals surface area (Å²) in [4.78, 5) is 12.7. The summed E-state index contributed by atoms with van der Waals surface area (Å²) in [6.45, 7) is 0. The van der Waals surface area contributed by atoms with Crippen molar-refractivity contribution in [3.63, 3.8) is 0 Å². The number of phenols is 2. The fraction of sp³-hybridized carbons (Fsp3) is 0.115. The molecule has 2 N–H and O–H groups in total. The van der Waals surface area contributed by atoms with Gasteiger partial charge in [0.15, 0.2) is 16.8 Å². The van der Waals surface area contributed by atoms with Crippen LogP contribution in [0.15, 0.2) is 65.8 Å². The molecule has 3 aromatic carbocycles. The largest absolute Gasteiger partial charge is 0.508 e. The third-order valence-electron chi connectivity index (χ3n) is 5.20. The van der Waals surface area contributed by atoms with Gasteiger partial charge in [-0.2, -0.15) is 0 Å². The molecule has 0 aliphatic heterocycles. The number of ether oxygens (including phenoxy) is 2. The molecule has 4 rings (SSSR count). The van der Waals surface area contributed by atoms with Gasteiger partial charge < -0.3 is 19.7 Å².